The number of nitrogens with one attached hydrogen (secondary N) is 1. The number of amides is 1. The molecular formula is C13H21NO4. The monoisotopic (exact) mass is 255 g/mol. The van der Waals surface area contributed by atoms with Gasteiger partial charge in [0.1, 0.15) is 6.10 Å². The Morgan fingerprint density at radius 2 is 1.83 bits per heavy atom. The molecule has 5 nitrogen and oxygen atoms in total. The van der Waals surface area contributed by atoms with Gasteiger partial charge in [0.25, 0.3) is 0 Å². The Morgan fingerprint density at radius 3 is 2.50 bits per heavy atom. The first-order valence-corrected chi connectivity index (χ1v) is 6.83. The molecule has 2 N–H and O–H groups in total. The molecule has 1 heterocycles. The number of rotatable bonds is 3. The standard InChI is InChI=1S/C13H21NO4/c15-12(11-7-4-8-18-11)14-10-6-3-1-2-5-9(10)13(16)17/h9-11H,1-8H2,(H,14,15)(H,16,17)/t9-,10+,11+/m1/s1. The number of carboxylic acids is 1. The topological polar surface area (TPSA) is 75.6 Å². The van der Waals surface area contributed by atoms with Gasteiger partial charge in [0.15, 0.2) is 0 Å². The molecule has 0 radical (unpaired) electrons. The van der Waals surface area contributed by atoms with Crippen molar-refractivity contribution in [2.24, 2.45) is 5.92 Å². The lowest BCUT2D eigenvalue weighted by Gasteiger charge is -2.24. The highest BCUT2D eigenvalue weighted by Crippen LogP contribution is 2.24. The van der Waals surface area contributed by atoms with Crippen LogP contribution in [0.3, 0.4) is 0 Å². The van der Waals surface area contributed by atoms with Crippen LogP contribution in [0.2, 0.25) is 0 Å². The maximum atomic E-state index is 12.0. The van der Waals surface area contributed by atoms with Crippen LogP contribution in [0.5, 0.6) is 0 Å². The van der Waals surface area contributed by atoms with Crippen molar-refractivity contribution in [2.45, 2.75) is 57.1 Å². The smallest absolute Gasteiger partial charge is 0.308 e. The molecule has 1 saturated heterocycles. The van der Waals surface area contributed by atoms with Crippen molar-refractivity contribution in [1.29, 1.82) is 0 Å². The summed E-state index contributed by atoms with van der Waals surface area (Å²) in [7, 11) is 0. The number of aliphatic carboxylic acids is 1. The molecule has 3 atom stereocenters. The molecule has 1 saturated carbocycles. The Hall–Kier alpha value is -1.10. The van der Waals surface area contributed by atoms with Crippen molar-refractivity contribution < 1.29 is 19.4 Å². The number of carboxylic acid groups (broad SMARTS) is 1. The van der Waals surface area contributed by atoms with E-state index in [1.54, 1.807) is 0 Å². The average molecular weight is 255 g/mol. The zero-order valence-electron chi connectivity index (χ0n) is 10.6. The molecule has 2 rings (SSSR count). The third-order valence-corrected chi connectivity index (χ3v) is 3.88. The van der Waals surface area contributed by atoms with Gasteiger partial charge < -0.3 is 15.2 Å². The molecule has 1 aliphatic carbocycles. The van der Waals surface area contributed by atoms with E-state index in [2.05, 4.69) is 5.32 Å². The first-order valence-electron chi connectivity index (χ1n) is 6.83. The van der Waals surface area contributed by atoms with E-state index >= 15 is 0 Å². The number of ether oxygens (including phenoxy) is 1. The van der Waals surface area contributed by atoms with E-state index in [4.69, 9.17) is 4.74 Å². The Kier molecular flexibility index (Phi) is 4.58. The summed E-state index contributed by atoms with van der Waals surface area (Å²) in [5, 5.41) is 12.1. The molecule has 0 aromatic rings. The van der Waals surface area contributed by atoms with Gasteiger partial charge in [-0.05, 0) is 25.7 Å². The van der Waals surface area contributed by atoms with Crippen LogP contribution in [0.25, 0.3) is 0 Å². The normalized spacial score (nSPS) is 32.8. The minimum Gasteiger partial charge on any atom is -0.481 e. The van der Waals surface area contributed by atoms with Crippen LogP contribution in [0.1, 0.15) is 44.9 Å². The molecule has 1 aliphatic heterocycles. The summed E-state index contributed by atoms with van der Waals surface area (Å²) in [4.78, 5) is 23.2. The molecule has 18 heavy (non-hydrogen) atoms. The first-order chi connectivity index (χ1) is 8.68. The third-order valence-electron chi connectivity index (χ3n) is 3.88. The Balaban J connectivity index is 1.95. The van der Waals surface area contributed by atoms with Gasteiger partial charge in [-0.15, -0.1) is 0 Å². The van der Waals surface area contributed by atoms with Crippen LogP contribution in [0.15, 0.2) is 0 Å². The Morgan fingerprint density at radius 1 is 1.06 bits per heavy atom. The summed E-state index contributed by atoms with van der Waals surface area (Å²) >= 11 is 0. The predicted octanol–water partition coefficient (Wildman–Crippen LogP) is 1.32. The Bertz CT molecular complexity index is 312. The molecule has 0 aromatic carbocycles. The van der Waals surface area contributed by atoms with Gasteiger partial charge in [0.05, 0.1) is 5.92 Å². The van der Waals surface area contributed by atoms with E-state index in [1.807, 2.05) is 0 Å². The molecule has 102 valence electrons. The van der Waals surface area contributed by atoms with Crippen molar-refractivity contribution in [3.8, 4) is 0 Å². The van der Waals surface area contributed by atoms with Crippen LogP contribution in [0, 0.1) is 5.92 Å². The predicted molar refractivity (Wildman–Crippen MR) is 65.1 cm³/mol. The van der Waals surface area contributed by atoms with Gasteiger partial charge in [-0.25, -0.2) is 0 Å². The summed E-state index contributed by atoms with van der Waals surface area (Å²) in [6, 6.07) is -0.235. The molecule has 2 aliphatic rings. The minimum absolute atomic E-state index is 0.134. The summed E-state index contributed by atoms with van der Waals surface area (Å²) in [6.45, 7) is 0.630. The maximum Gasteiger partial charge on any atom is 0.308 e. The summed E-state index contributed by atoms with van der Waals surface area (Å²) in [5.74, 6) is -1.38. The third kappa shape index (κ3) is 3.22. The Labute approximate surface area is 107 Å². The van der Waals surface area contributed by atoms with E-state index in [0.29, 0.717) is 13.0 Å². The van der Waals surface area contributed by atoms with E-state index < -0.39 is 11.9 Å². The summed E-state index contributed by atoms with van der Waals surface area (Å²) in [5.41, 5.74) is 0. The van der Waals surface area contributed by atoms with Gasteiger partial charge in [-0.1, -0.05) is 19.3 Å². The van der Waals surface area contributed by atoms with Gasteiger partial charge in [-0.3, -0.25) is 9.59 Å². The number of carbonyl (C=O) groups excluding carboxylic acids is 1. The van der Waals surface area contributed by atoms with Crippen molar-refractivity contribution in [1.82, 2.24) is 5.32 Å². The van der Waals surface area contributed by atoms with Gasteiger partial charge in [0.2, 0.25) is 5.91 Å². The average Bonchev–Trinajstić information content (AvgIpc) is 2.77. The molecule has 0 bridgehead atoms. The van der Waals surface area contributed by atoms with Gasteiger partial charge in [-0.2, -0.15) is 0 Å². The fraction of sp³-hybridized carbons (Fsp3) is 0.846. The second kappa shape index (κ2) is 6.18. The van der Waals surface area contributed by atoms with Crippen LogP contribution in [-0.4, -0.2) is 35.7 Å². The number of hydrogen-bond donors (Lipinski definition) is 2. The van der Waals surface area contributed by atoms with Crippen molar-refractivity contribution in [2.75, 3.05) is 6.61 Å². The maximum absolute atomic E-state index is 12.0. The first kappa shape index (κ1) is 13.3. The fourth-order valence-corrected chi connectivity index (χ4v) is 2.84. The molecular weight excluding hydrogens is 234 g/mol. The SMILES string of the molecule is O=C(N[C@H]1CCCCC[C@H]1C(=O)O)[C@@H]1CCCO1. The van der Waals surface area contributed by atoms with E-state index in [9.17, 15) is 14.7 Å². The highest BCUT2D eigenvalue weighted by atomic mass is 16.5. The van der Waals surface area contributed by atoms with E-state index in [-0.39, 0.29) is 18.1 Å². The molecule has 2 fully saturated rings. The summed E-state index contributed by atoms with van der Waals surface area (Å²) < 4.78 is 5.32. The van der Waals surface area contributed by atoms with Crippen molar-refractivity contribution >= 4 is 11.9 Å². The number of hydrogen-bond acceptors (Lipinski definition) is 3. The quantitative estimate of drug-likeness (QED) is 0.746. The highest BCUT2D eigenvalue weighted by Gasteiger charge is 2.33. The lowest BCUT2D eigenvalue weighted by Crippen LogP contribution is -2.46. The van der Waals surface area contributed by atoms with Crippen LogP contribution in [-0.2, 0) is 14.3 Å². The van der Waals surface area contributed by atoms with Crippen molar-refractivity contribution in [3.63, 3.8) is 0 Å². The summed E-state index contributed by atoms with van der Waals surface area (Å²) in [6.07, 6.45) is 5.67. The fourth-order valence-electron chi connectivity index (χ4n) is 2.84. The highest BCUT2D eigenvalue weighted by molar-refractivity contribution is 5.82. The second-order valence-electron chi connectivity index (χ2n) is 5.20. The van der Waals surface area contributed by atoms with Crippen LogP contribution < -0.4 is 5.32 Å². The molecule has 5 heteroatoms. The van der Waals surface area contributed by atoms with Crippen LogP contribution in [0.4, 0.5) is 0 Å². The lowest BCUT2D eigenvalue weighted by molar-refractivity contribution is -0.143. The largest absolute Gasteiger partial charge is 0.481 e. The number of carbonyl (C=O) groups is 2. The zero-order chi connectivity index (χ0) is 13.0. The van der Waals surface area contributed by atoms with Gasteiger partial charge in [0, 0.05) is 12.6 Å². The molecule has 0 unspecified atom stereocenters. The minimum atomic E-state index is -0.797. The zero-order valence-corrected chi connectivity index (χ0v) is 10.6. The van der Waals surface area contributed by atoms with E-state index in [1.165, 1.54) is 0 Å². The lowest BCUT2D eigenvalue weighted by atomic mass is 9.94. The van der Waals surface area contributed by atoms with Gasteiger partial charge >= 0.3 is 5.97 Å². The second-order valence-corrected chi connectivity index (χ2v) is 5.20. The van der Waals surface area contributed by atoms with Crippen molar-refractivity contribution in [3.05, 3.63) is 0 Å². The molecule has 0 aromatic heterocycles. The van der Waals surface area contributed by atoms with Crippen LogP contribution >= 0.6 is 0 Å². The molecule has 1 amide bonds. The van der Waals surface area contributed by atoms with E-state index in [0.717, 1.165) is 38.5 Å². The molecule has 0 spiro atoms.